The molecular weight excluding hydrogens is 183 g/mol. The number of hydrogen-bond donors (Lipinski definition) is 0. The molecule has 2 N–H and O–H groups in total. The molecule has 0 aliphatic rings. The van der Waals surface area contributed by atoms with Crippen molar-refractivity contribution in [2.45, 2.75) is 13.8 Å². The summed E-state index contributed by atoms with van der Waals surface area (Å²) in [6, 6.07) is 0. The molecule has 0 saturated carbocycles. The van der Waals surface area contributed by atoms with Crippen LogP contribution in [0.1, 0.15) is 13.8 Å². The molecule has 11 heavy (non-hydrogen) atoms. The van der Waals surface area contributed by atoms with Gasteiger partial charge in [-0.3, -0.25) is 0 Å². The summed E-state index contributed by atoms with van der Waals surface area (Å²) in [5.74, 6) is -2.17. The smallest absolute Gasteiger partial charge is 0.550 e. The maximum Gasteiger partial charge on any atom is 2.00 e. The van der Waals surface area contributed by atoms with Crippen molar-refractivity contribution < 1.29 is 25.3 Å². The Morgan fingerprint density at radius 3 is 1.00 bits per heavy atom. The van der Waals surface area contributed by atoms with E-state index in [2.05, 4.69) is 0 Å². The Hall–Kier alpha value is 0.0962. The fourth-order valence-electron chi connectivity index (χ4n) is 0. The van der Waals surface area contributed by atoms with E-state index in [1.165, 1.54) is 0 Å². The van der Waals surface area contributed by atoms with Gasteiger partial charge in [0.15, 0.2) is 0 Å². The summed E-state index contributed by atoms with van der Waals surface area (Å²) in [4.78, 5) is 17.8. The Labute approximate surface area is 84.3 Å². The molecule has 1 unspecified atom stereocenters. The Morgan fingerprint density at radius 2 is 1.00 bits per heavy atom. The van der Waals surface area contributed by atoms with Gasteiger partial charge in [-0.25, -0.2) is 0 Å². The third kappa shape index (κ3) is 71500. The SMILES string of the molecule is CC(=O)[O-].CC(=O)[O-].O.P.[Mg+2]. The molecule has 5 nitrogen and oxygen atoms in total. The Morgan fingerprint density at radius 1 is 1.00 bits per heavy atom. The standard InChI is InChI=1S/2C2H4O2.Mg.H2O.H3P/c2*1-2(3)4;;;/h2*1H3,(H,3,4);;1H2;1H3/q;;+2;;/p-2. The van der Waals surface area contributed by atoms with Crippen LogP contribution in [0.3, 0.4) is 0 Å². The summed E-state index contributed by atoms with van der Waals surface area (Å²) in [6.07, 6.45) is 0. The number of carboxylic acid groups (broad SMARTS) is 2. The fraction of sp³-hybridized carbons (Fsp3) is 0.500. The second-order valence-corrected chi connectivity index (χ2v) is 0.983. The normalized spacial score (nSPS) is 4.55. The van der Waals surface area contributed by atoms with Gasteiger partial charge in [0.2, 0.25) is 0 Å². The van der Waals surface area contributed by atoms with E-state index in [-0.39, 0.29) is 38.4 Å². The molecule has 0 rings (SSSR count). The van der Waals surface area contributed by atoms with E-state index in [1.54, 1.807) is 0 Å². The van der Waals surface area contributed by atoms with E-state index < -0.39 is 11.9 Å². The number of carboxylic acids is 2. The molecule has 64 valence electrons. The number of carbonyl (C=O) groups is 2. The molecule has 0 aliphatic heterocycles. The van der Waals surface area contributed by atoms with Crippen LogP contribution in [0.4, 0.5) is 0 Å². The summed E-state index contributed by atoms with van der Waals surface area (Å²) in [7, 11) is 0. The Kier molecular flexibility index (Phi) is 62.2. The average molecular weight is 194 g/mol. The molecule has 0 aliphatic carbocycles. The quantitative estimate of drug-likeness (QED) is 0.292. The van der Waals surface area contributed by atoms with Gasteiger partial charge in [0.1, 0.15) is 0 Å². The van der Waals surface area contributed by atoms with Crippen molar-refractivity contribution in [3.8, 4) is 0 Å². The van der Waals surface area contributed by atoms with Gasteiger partial charge in [-0.2, -0.15) is 9.90 Å². The molecule has 0 amide bonds. The minimum atomic E-state index is -1.08. The third-order valence-corrected chi connectivity index (χ3v) is 0. The summed E-state index contributed by atoms with van der Waals surface area (Å²) >= 11 is 0. The molecule has 0 heterocycles. The van der Waals surface area contributed by atoms with Gasteiger partial charge in [0.05, 0.1) is 0 Å². The van der Waals surface area contributed by atoms with Gasteiger partial charge in [0.25, 0.3) is 0 Å². The molecule has 0 aromatic carbocycles. The van der Waals surface area contributed by atoms with Crippen molar-refractivity contribution in [2.75, 3.05) is 0 Å². The zero-order valence-electron chi connectivity index (χ0n) is 6.55. The first-order valence-corrected chi connectivity index (χ1v) is 1.82. The molecule has 0 fully saturated rings. The first-order valence-electron chi connectivity index (χ1n) is 1.82. The number of rotatable bonds is 0. The molecule has 0 aromatic heterocycles. The van der Waals surface area contributed by atoms with E-state index in [1.807, 2.05) is 0 Å². The van der Waals surface area contributed by atoms with Crippen LogP contribution in [0.15, 0.2) is 0 Å². The van der Waals surface area contributed by atoms with Gasteiger partial charge >= 0.3 is 23.1 Å². The van der Waals surface area contributed by atoms with E-state index >= 15 is 0 Å². The molecule has 1 atom stereocenters. The number of aliphatic carboxylic acids is 2. The summed E-state index contributed by atoms with van der Waals surface area (Å²) in [5.41, 5.74) is 0. The van der Waals surface area contributed by atoms with Gasteiger partial charge in [-0.15, -0.1) is 0 Å². The second kappa shape index (κ2) is 22.5. The molecule has 0 bridgehead atoms. The molecule has 7 heteroatoms. The van der Waals surface area contributed by atoms with Crippen molar-refractivity contribution in [1.29, 1.82) is 0 Å². The molecule has 0 saturated heterocycles. The van der Waals surface area contributed by atoms with Crippen LogP contribution in [0.25, 0.3) is 0 Å². The summed E-state index contributed by atoms with van der Waals surface area (Å²) in [5, 5.41) is 17.8. The first-order chi connectivity index (χ1) is 3.46. The zero-order chi connectivity index (χ0) is 7.15. The van der Waals surface area contributed by atoms with E-state index in [0.29, 0.717) is 0 Å². The van der Waals surface area contributed by atoms with E-state index in [4.69, 9.17) is 19.8 Å². The van der Waals surface area contributed by atoms with Crippen LogP contribution in [0.2, 0.25) is 0 Å². The molecule has 0 spiro atoms. The van der Waals surface area contributed by atoms with Crippen LogP contribution < -0.4 is 10.2 Å². The van der Waals surface area contributed by atoms with Crippen molar-refractivity contribution in [1.82, 2.24) is 0 Å². The third-order valence-electron chi connectivity index (χ3n) is 0. The summed E-state index contributed by atoms with van der Waals surface area (Å²) in [6.45, 7) is 1.94. The molecule has 0 radical (unpaired) electrons. The average Bonchev–Trinajstić information content (AvgIpc) is 1.25. The Balaban J connectivity index is -0.0000000171. The topological polar surface area (TPSA) is 112 Å². The van der Waals surface area contributed by atoms with Gasteiger partial charge in [-0.05, 0) is 13.8 Å². The second-order valence-electron chi connectivity index (χ2n) is 0.983. The van der Waals surface area contributed by atoms with Crippen LogP contribution >= 0.6 is 9.90 Å². The molecular formula is C4H11MgO5P. The largest absolute Gasteiger partial charge is 2.00 e. The van der Waals surface area contributed by atoms with Gasteiger partial charge < -0.3 is 25.3 Å². The zero-order valence-corrected chi connectivity index (χ0v) is 9.38. The monoisotopic (exact) mass is 194 g/mol. The minimum absolute atomic E-state index is 0. The van der Waals surface area contributed by atoms with Crippen molar-refractivity contribution in [3.63, 3.8) is 0 Å². The van der Waals surface area contributed by atoms with Gasteiger partial charge in [-0.1, -0.05) is 0 Å². The van der Waals surface area contributed by atoms with Crippen LogP contribution in [-0.4, -0.2) is 40.5 Å². The van der Waals surface area contributed by atoms with E-state index in [0.717, 1.165) is 13.8 Å². The molecule has 0 aromatic rings. The predicted molar refractivity (Wildman–Crippen MR) is 41.8 cm³/mol. The van der Waals surface area contributed by atoms with Crippen LogP contribution in [0.5, 0.6) is 0 Å². The van der Waals surface area contributed by atoms with Crippen molar-refractivity contribution >= 4 is 44.9 Å². The number of hydrogen-bond acceptors (Lipinski definition) is 4. The summed E-state index contributed by atoms with van der Waals surface area (Å²) < 4.78 is 0. The maximum atomic E-state index is 8.89. The maximum absolute atomic E-state index is 8.89. The van der Waals surface area contributed by atoms with Crippen LogP contribution in [-0.2, 0) is 9.59 Å². The Bertz CT molecular complexity index is 76.5. The predicted octanol–water partition coefficient (Wildman–Crippen LogP) is -3.63. The minimum Gasteiger partial charge on any atom is -0.550 e. The first kappa shape index (κ1) is 30.4. The van der Waals surface area contributed by atoms with E-state index in [9.17, 15) is 0 Å². The van der Waals surface area contributed by atoms with Crippen LogP contribution in [0, 0.1) is 0 Å². The van der Waals surface area contributed by atoms with Crippen molar-refractivity contribution in [2.24, 2.45) is 0 Å². The fourth-order valence-corrected chi connectivity index (χ4v) is 0. The van der Waals surface area contributed by atoms with Gasteiger partial charge in [0, 0.05) is 11.9 Å². The van der Waals surface area contributed by atoms with Crippen molar-refractivity contribution in [3.05, 3.63) is 0 Å². The number of carbonyl (C=O) groups excluding carboxylic acids is 2.